The molecule has 1 aliphatic rings. The van der Waals surface area contributed by atoms with E-state index in [1.165, 1.54) is 0 Å². The second kappa shape index (κ2) is 7.41. The molecule has 1 aliphatic heterocycles. The van der Waals surface area contributed by atoms with E-state index in [2.05, 4.69) is 25.5 Å². The summed E-state index contributed by atoms with van der Waals surface area (Å²) >= 11 is 1.61. The largest absolute Gasteiger partial charge is 0.346 e. The summed E-state index contributed by atoms with van der Waals surface area (Å²) in [5.41, 5.74) is 3.79. The second-order valence-corrected chi connectivity index (χ2v) is 8.00. The number of aryl methyl sites for hydroxylation is 2. The Hall–Kier alpha value is -3.04. The van der Waals surface area contributed by atoms with Gasteiger partial charge in [0.25, 0.3) is 5.89 Å². The molecule has 1 fully saturated rings. The first-order valence-corrected chi connectivity index (χ1v) is 10.4. The van der Waals surface area contributed by atoms with E-state index in [1.54, 1.807) is 11.3 Å². The Morgan fingerprint density at radius 3 is 2.55 bits per heavy atom. The molecule has 29 heavy (non-hydrogen) atoms. The van der Waals surface area contributed by atoms with Crippen molar-refractivity contribution in [1.29, 1.82) is 0 Å². The molecule has 3 aromatic heterocycles. The lowest BCUT2D eigenvalue weighted by Gasteiger charge is -2.26. The van der Waals surface area contributed by atoms with E-state index >= 15 is 0 Å². The second-order valence-electron chi connectivity index (χ2n) is 7.02. The highest BCUT2D eigenvalue weighted by Gasteiger charge is 2.21. The molecule has 1 N–H and O–H groups in total. The topological polar surface area (TPSA) is 84.9 Å². The minimum atomic E-state index is 0.517. The number of nitrogens with zero attached hydrogens (tertiary/aromatic N) is 6. The summed E-state index contributed by atoms with van der Waals surface area (Å²) in [7, 11) is 0. The fourth-order valence-corrected chi connectivity index (χ4v) is 4.37. The lowest BCUT2D eigenvalue weighted by atomic mass is 10.2. The lowest BCUT2D eigenvalue weighted by Crippen LogP contribution is -2.43. The number of aromatic nitrogens is 5. The molecule has 1 aromatic carbocycles. The van der Waals surface area contributed by atoms with Crippen molar-refractivity contribution in [3.8, 4) is 27.8 Å². The molecule has 1 saturated heterocycles. The van der Waals surface area contributed by atoms with Crippen LogP contribution in [0, 0.1) is 13.8 Å². The van der Waals surface area contributed by atoms with Crippen LogP contribution in [0.25, 0.3) is 27.8 Å². The Morgan fingerprint density at radius 2 is 1.83 bits per heavy atom. The van der Waals surface area contributed by atoms with Gasteiger partial charge in [0.2, 0.25) is 5.82 Å². The van der Waals surface area contributed by atoms with Gasteiger partial charge in [0.15, 0.2) is 5.13 Å². The van der Waals surface area contributed by atoms with E-state index in [4.69, 9.17) is 9.51 Å². The van der Waals surface area contributed by atoms with Gasteiger partial charge >= 0.3 is 0 Å². The van der Waals surface area contributed by atoms with Crippen molar-refractivity contribution < 1.29 is 4.52 Å². The first-order valence-electron chi connectivity index (χ1n) is 9.57. The third kappa shape index (κ3) is 3.54. The van der Waals surface area contributed by atoms with Crippen LogP contribution in [-0.4, -0.2) is 51.1 Å². The SMILES string of the molecule is Cc1ccn(-c2ccc(-c3noc(-c4sc(N5CCNCC5)nc4C)n3)cc2)n1. The van der Waals surface area contributed by atoms with Gasteiger partial charge in [-0.05, 0) is 44.2 Å². The molecule has 0 unspecified atom stereocenters. The van der Waals surface area contributed by atoms with Gasteiger partial charge in [-0.15, -0.1) is 0 Å². The van der Waals surface area contributed by atoms with Crippen molar-refractivity contribution in [2.45, 2.75) is 13.8 Å². The molecule has 0 amide bonds. The molecule has 4 aromatic rings. The van der Waals surface area contributed by atoms with Gasteiger partial charge in [-0.25, -0.2) is 9.67 Å². The summed E-state index contributed by atoms with van der Waals surface area (Å²) in [4.78, 5) is 12.6. The van der Waals surface area contributed by atoms with Crippen LogP contribution in [0.1, 0.15) is 11.4 Å². The predicted octanol–water partition coefficient (Wildman–Crippen LogP) is 3.07. The molecule has 9 heteroatoms. The van der Waals surface area contributed by atoms with Crippen molar-refractivity contribution in [3.63, 3.8) is 0 Å². The van der Waals surface area contributed by atoms with Crippen LogP contribution in [0.5, 0.6) is 0 Å². The quantitative estimate of drug-likeness (QED) is 0.556. The molecule has 8 nitrogen and oxygen atoms in total. The molecule has 0 atom stereocenters. The normalized spacial score (nSPS) is 14.5. The Kier molecular flexibility index (Phi) is 4.61. The standard InChI is InChI=1S/C20H21N7OS/c1-13-7-10-27(24-13)16-5-3-15(4-6-16)18-23-19(28-25-18)17-14(2)22-20(29-17)26-11-8-21-9-12-26/h3-7,10,21H,8-9,11-12H2,1-2H3. The van der Waals surface area contributed by atoms with Crippen LogP contribution in [0.3, 0.4) is 0 Å². The molecule has 0 aliphatic carbocycles. The summed E-state index contributed by atoms with van der Waals surface area (Å²) < 4.78 is 7.41. The maximum atomic E-state index is 5.57. The highest BCUT2D eigenvalue weighted by atomic mass is 32.1. The third-order valence-corrected chi connectivity index (χ3v) is 6.11. The van der Waals surface area contributed by atoms with Crippen molar-refractivity contribution in [2.24, 2.45) is 0 Å². The van der Waals surface area contributed by atoms with Crippen LogP contribution in [0.15, 0.2) is 41.1 Å². The monoisotopic (exact) mass is 407 g/mol. The zero-order valence-corrected chi connectivity index (χ0v) is 17.1. The van der Waals surface area contributed by atoms with Crippen LogP contribution in [-0.2, 0) is 0 Å². The molecule has 0 radical (unpaired) electrons. The number of hydrogen-bond acceptors (Lipinski definition) is 8. The highest BCUT2D eigenvalue weighted by Crippen LogP contribution is 2.34. The Morgan fingerprint density at radius 1 is 1.03 bits per heavy atom. The Bertz CT molecular complexity index is 1120. The number of piperazine rings is 1. The van der Waals surface area contributed by atoms with E-state index < -0.39 is 0 Å². The van der Waals surface area contributed by atoms with Gasteiger partial charge < -0.3 is 14.7 Å². The number of hydrogen-bond donors (Lipinski definition) is 1. The van der Waals surface area contributed by atoms with Crippen molar-refractivity contribution in [1.82, 2.24) is 30.2 Å². The minimum Gasteiger partial charge on any atom is -0.346 e. The van der Waals surface area contributed by atoms with Crippen LogP contribution in [0.2, 0.25) is 0 Å². The lowest BCUT2D eigenvalue weighted by molar-refractivity contribution is 0.433. The molecule has 5 rings (SSSR count). The fourth-order valence-electron chi connectivity index (χ4n) is 3.33. The van der Waals surface area contributed by atoms with E-state index in [0.717, 1.165) is 58.8 Å². The van der Waals surface area contributed by atoms with Gasteiger partial charge in [-0.1, -0.05) is 16.5 Å². The summed E-state index contributed by atoms with van der Waals surface area (Å²) in [5.74, 6) is 1.09. The summed E-state index contributed by atoms with van der Waals surface area (Å²) in [6.45, 7) is 7.84. The number of thiazole rings is 1. The molecular formula is C20H21N7OS. The number of nitrogens with one attached hydrogen (secondary N) is 1. The predicted molar refractivity (Wildman–Crippen MR) is 113 cm³/mol. The van der Waals surface area contributed by atoms with Crippen LogP contribution < -0.4 is 10.2 Å². The zero-order valence-electron chi connectivity index (χ0n) is 16.3. The number of rotatable bonds is 4. The number of anilines is 1. The maximum Gasteiger partial charge on any atom is 0.270 e. The smallest absolute Gasteiger partial charge is 0.270 e. The minimum absolute atomic E-state index is 0.517. The number of benzene rings is 1. The Labute approximate surface area is 172 Å². The molecule has 4 heterocycles. The Balaban J connectivity index is 1.39. The van der Waals surface area contributed by atoms with E-state index in [9.17, 15) is 0 Å². The highest BCUT2D eigenvalue weighted by molar-refractivity contribution is 7.19. The van der Waals surface area contributed by atoms with Crippen molar-refractivity contribution in [2.75, 3.05) is 31.1 Å². The summed E-state index contributed by atoms with van der Waals surface area (Å²) in [6, 6.07) is 9.93. The van der Waals surface area contributed by atoms with E-state index in [-0.39, 0.29) is 0 Å². The average molecular weight is 408 g/mol. The average Bonchev–Trinajstić information content (AvgIpc) is 3.48. The van der Waals surface area contributed by atoms with E-state index in [0.29, 0.717) is 11.7 Å². The van der Waals surface area contributed by atoms with Crippen molar-refractivity contribution >= 4 is 16.5 Å². The van der Waals surface area contributed by atoms with Crippen LogP contribution >= 0.6 is 11.3 Å². The molecular weight excluding hydrogens is 386 g/mol. The molecule has 0 spiro atoms. The van der Waals surface area contributed by atoms with Gasteiger partial charge in [-0.2, -0.15) is 10.1 Å². The fraction of sp³-hybridized carbons (Fsp3) is 0.300. The molecule has 0 bridgehead atoms. The molecule has 148 valence electrons. The van der Waals surface area contributed by atoms with Gasteiger partial charge in [0.1, 0.15) is 4.88 Å². The zero-order chi connectivity index (χ0) is 19.8. The van der Waals surface area contributed by atoms with Gasteiger partial charge in [0, 0.05) is 37.9 Å². The van der Waals surface area contributed by atoms with E-state index in [1.807, 2.05) is 55.1 Å². The van der Waals surface area contributed by atoms with Gasteiger partial charge in [-0.3, -0.25) is 0 Å². The van der Waals surface area contributed by atoms with Gasteiger partial charge in [0.05, 0.1) is 17.1 Å². The first-order chi connectivity index (χ1) is 14.2. The maximum absolute atomic E-state index is 5.57. The third-order valence-electron chi connectivity index (χ3n) is 4.91. The molecule has 0 saturated carbocycles. The van der Waals surface area contributed by atoms with Crippen molar-refractivity contribution in [3.05, 3.63) is 47.9 Å². The van der Waals surface area contributed by atoms with Crippen LogP contribution in [0.4, 0.5) is 5.13 Å². The summed E-state index contributed by atoms with van der Waals surface area (Å²) in [5, 5.41) is 13.0. The first kappa shape index (κ1) is 18.0. The summed E-state index contributed by atoms with van der Waals surface area (Å²) in [6.07, 6.45) is 1.94.